The number of benzene rings is 1. The van der Waals surface area contributed by atoms with Crippen LogP contribution in [0.2, 0.25) is 0 Å². The summed E-state index contributed by atoms with van der Waals surface area (Å²) >= 11 is 0. The molecular weight excluding hydrogens is 334 g/mol. The second-order valence-electron chi connectivity index (χ2n) is 7.52. The zero-order chi connectivity index (χ0) is 19.2. The van der Waals surface area contributed by atoms with Gasteiger partial charge in [-0.15, -0.1) is 0 Å². The fourth-order valence-corrected chi connectivity index (χ4v) is 2.76. The minimum absolute atomic E-state index is 0.0840. The number of carbonyl (C=O) groups is 3. The van der Waals surface area contributed by atoms with E-state index in [9.17, 15) is 14.4 Å². The Morgan fingerprint density at radius 1 is 1.19 bits per heavy atom. The Kier molecular flexibility index (Phi) is 6.77. The number of amides is 1. The Bertz CT molecular complexity index is 635. The molecule has 1 aromatic rings. The highest BCUT2D eigenvalue weighted by molar-refractivity contribution is 5.84. The molecule has 26 heavy (non-hydrogen) atoms. The summed E-state index contributed by atoms with van der Waals surface area (Å²) in [5, 5.41) is 0. The quantitative estimate of drug-likeness (QED) is 0.752. The van der Waals surface area contributed by atoms with Crippen LogP contribution in [0.25, 0.3) is 0 Å². The van der Waals surface area contributed by atoms with E-state index in [1.807, 2.05) is 30.3 Å². The predicted molar refractivity (Wildman–Crippen MR) is 96.4 cm³/mol. The van der Waals surface area contributed by atoms with E-state index in [1.54, 1.807) is 25.7 Å². The SMILES string of the molecule is CC(C)(C)OC(=O)N1CCC(=O)C(CCC(=O)OCc2ccccc2)C1. The molecule has 0 radical (unpaired) electrons. The van der Waals surface area contributed by atoms with Crippen molar-refractivity contribution < 1.29 is 23.9 Å². The lowest BCUT2D eigenvalue weighted by Crippen LogP contribution is -2.46. The van der Waals surface area contributed by atoms with Crippen LogP contribution >= 0.6 is 0 Å². The van der Waals surface area contributed by atoms with Crippen LogP contribution in [-0.2, 0) is 25.7 Å². The maximum absolute atomic E-state index is 12.2. The Hall–Kier alpha value is -2.37. The average molecular weight is 361 g/mol. The van der Waals surface area contributed by atoms with Crippen LogP contribution in [0.3, 0.4) is 0 Å². The molecule has 1 aromatic carbocycles. The molecule has 1 atom stereocenters. The fraction of sp³-hybridized carbons (Fsp3) is 0.550. The highest BCUT2D eigenvalue weighted by atomic mass is 16.6. The lowest BCUT2D eigenvalue weighted by atomic mass is 9.92. The van der Waals surface area contributed by atoms with Gasteiger partial charge in [0.2, 0.25) is 0 Å². The van der Waals surface area contributed by atoms with Crippen LogP contribution in [0.5, 0.6) is 0 Å². The van der Waals surface area contributed by atoms with Gasteiger partial charge in [-0.25, -0.2) is 4.79 Å². The summed E-state index contributed by atoms with van der Waals surface area (Å²) in [7, 11) is 0. The molecule has 0 aromatic heterocycles. The van der Waals surface area contributed by atoms with E-state index in [-0.39, 0.29) is 30.7 Å². The van der Waals surface area contributed by atoms with Gasteiger partial charge < -0.3 is 14.4 Å². The number of piperidine rings is 1. The molecule has 1 saturated heterocycles. The van der Waals surface area contributed by atoms with Crippen molar-refractivity contribution in [2.75, 3.05) is 13.1 Å². The van der Waals surface area contributed by atoms with Crippen molar-refractivity contribution in [1.29, 1.82) is 0 Å². The molecule has 6 nitrogen and oxygen atoms in total. The molecule has 1 aliphatic heterocycles. The fourth-order valence-electron chi connectivity index (χ4n) is 2.76. The van der Waals surface area contributed by atoms with Gasteiger partial charge in [-0.05, 0) is 32.8 Å². The third-order valence-electron chi connectivity index (χ3n) is 4.12. The van der Waals surface area contributed by atoms with E-state index in [1.165, 1.54) is 0 Å². The lowest BCUT2D eigenvalue weighted by molar-refractivity contribution is -0.145. The van der Waals surface area contributed by atoms with Gasteiger partial charge in [0, 0.05) is 31.8 Å². The van der Waals surface area contributed by atoms with Gasteiger partial charge in [0.1, 0.15) is 18.0 Å². The van der Waals surface area contributed by atoms with Crippen molar-refractivity contribution in [2.45, 2.75) is 52.2 Å². The molecule has 6 heteroatoms. The first-order valence-corrected chi connectivity index (χ1v) is 8.95. The van der Waals surface area contributed by atoms with Crippen LogP contribution in [0.15, 0.2) is 30.3 Å². The second kappa shape index (κ2) is 8.83. The van der Waals surface area contributed by atoms with Gasteiger partial charge in [0.15, 0.2) is 0 Å². The highest BCUT2D eigenvalue weighted by Crippen LogP contribution is 2.21. The van der Waals surface area contributed by atoms with E-state index in [0.29, 0.717) is 25.9 Å². The minimum Gasteiger partial charge on any atom is -0.461 e. The third kappa shape index (κ3) is 6.50. The van der Waals surface area contributed by atoms with Gasteiger partial charge >= 0.3 is 12.1 Å². The summed E-state index contributed by atoms with van der Waals surface area (Å²) in [4.78, 5) is 37.8. The zero-order valence-electron chi connectivity index (χ0n) is 15.7. The number of rotatable bonds is 5. The largest absolute Gasteiger partial charge is 0.461 e. The van der Waals surface area contributed by atoms with Crippen molar-refractivity contribution in [2.24, 2.45) is 5.92 Å². The maximum Gasteiger partial charge on any atom is 0.410 e. The Labute approximate surface area is 154 Å². The molecule has 0 spiro atoms. The van der Waals surface area contributed by atoms with Gasteiger partial charge in [0.25, 0.3) is 0 Å². The van der Waals surface area contributed by atoms with Crippen LogP contribution in [0, 0.1) is 5.92 Å². The number of ketones is 1. The summed E-state index contributed by atoms with van der Waals surface area (Å²) < 4.78 is 10.6. The number of carbonyl (C=O) groups excluding carboxylic acids is 3. The first-order valence-electron chi connectivity index (χ1n) is 8.95. The Morgan fingerprint density at radius 2 is 1.88 bits per heavy atom. The number of likely N-dealkylation sites (tertiary alicyclic amines) is 1. The molecular formula is C20H27NO5. The number of Topliss-reactive ketones (excluding diaryl/α,β-unsaturated/α-hetero) is 1. The number of hydrogen-bond donors (Lipinski definition) is 0. The Balaban J connectivity index is 1.78. The van der Waals surface area contributed by atoms with E-state index >= 15 is 0 Å². The standard InChI is InChI=1S/C20H27NO5/c1-20(2,3)26-19(24)21-12-11-17(22)16(13-21)9-10-18(23)25-14-15-7-5-4-6-8-15/h4-8,16H,9-14H2,1-3H3. The monoisotopic (exact) mass is 361 g/mol. The molecule has 1 fully saturated rings. The molecule has 0 N–H and O–H groups in total. The molecule has 1 aliphatic rings. The summed E-state index contributed by atoms with van der Waals surface area (Å²) in [6, 6.07) is 9.44. The number of ether oxygens (including phenoxy) is 2. The molecule has 1 heterocycles. The van der Waals surface area contributed by atoms with Crippen molar-refractivity contribution in [3.63, 3.8) is 0 Å². The van der Waals surface area contributed by atoms with Gasteiger partial charge in [-0.1, -0.05) is 30.3 Å². The molecule has 0 bridgehead atoms. The Morgan fingerprint density at radius 3 is 2.54 bits per heavy atom. The summed E-state index contributed by atoms with van der Waals surface area (Å²) in [6.07, 6.45) is 0.418. The van der Waals surface area contributed by atoms with Crippen LogP contribution in [0.1, 0.15) is 45.6 Å². The van der Waals surface area contributed by atoms with Crippen LogP contribution in [-0.4, -0.2) is 41.4 Å². The highest BCUT2D eigenvalue weighted by Gasteiger charge is 2.32. The van der Waals surface area contributed by atoms with Gasteiger partial charge in [0.05, 0.1) is 0 Å². The van der Waals surface area contributed by atoms with Crippen LogP contribution in [0.4, 0.5) is 4.79 Å². The zero-order valence-corrected chi connectivity index (χ0v) is 15.7. The van der Waals surface area contributed by atoms with E-state index in [2.05, 4.69) is 0 Å². The maximum atomic E-state index is 12.2. The van der Waals surface area contributed by atoms with Crippen molar-refractivity contribution >= 4 is 17.8 Å². The molecule has 1 unspecified atom stereocenters. The molecule has 2 rings (SSSR count). The molecule has 0 saturated carbocycles. The first kappa shape index (κ1) is 19.9. The number of nitrogens with zero attached hydrogens (tertiary/aromatic N) is 1. The van der Waals surface area contributed by atoms with Crippen LogP contribution < -0.4 is 0 Å². The number of hydrogen-bond acceptors (Lipinski definition) is 5. The molecule has 142 valence electrons. The van der Waals surface area contributed by atoms with E-state index < -0.39 is 11.7 Å². The average Bonchev–Trinajstić information content (AvgIpc) is 2.58. The smallest absolute Gasteiger partial charge is 0.410 e. The lowest BCUT2D eigenvalue weighted by Gasteiger charge is -2.33. The summed E-state index contributed by atoms with van der Waals surface area (Å²) in [5.41, 5.74) is 0.348. The van der Waals surface area contributed by atoms with E-state index in [0.717, 1.165) is 5.56 Å². The molecule has 0 aliphatic carbocycles. The van der Waals surface area contributed by atoms with Crippen molar-refractivity contribution in [1.82, 2.24) is 4.90 Å². The van der Waals surface area contributed by atoms with Gasteiger partial charge in [-0.2, -0.15) is 0 Å². The summed E-state index contributed by atoms with van der Waals surface area (Å²) in [5.74, 6) is -0.600. The first-order chi connectivity index (χ1) is 12.2. The van der Waals surface area contributed by atoms with E-state index in [4.69, 9.17) is 9.47 Å². The summed E-state index contributed by atoms with van der Waals surface area (Å²) in [6.45, 7) is 6.30. The van der Waals surface area contributed by atoms with Gasteiger partial charge in [-0.3, -0.25) is 9.59 Å². The predicted octanol–water partition coefficient (Wildman–Crippen LogP) is 3.34. The third-order valence-corrected chi connectivity index (χ3v) is 4.12. The topological polar surface area (TPSA) is 72.9 Å². The van der Waals surface area contributed by atoms with Crippen molar-refractivity contribution in [3.05, 3.63) is 35.9 Å². The minimum atomic E-state index is -0.574. The van der Waals surface area contributed by atoms with Crippen molar-refractivity contribution in [3.8, 4) is 0 Å². The molecule has 1 amide bonds. The normalized spacial score (nSPS) is 17.7. The second-order valence-corrected chi connectivity index (χ2v) is 7.52. The number of esters is 1.